The molecule has 0 unspecified atom stereocenters. The number of nitrogens with two attached hydrogens (primary N) is 1. The molecule has 3 heteroatoms. The Bertz CT molecular complexity index is 386. The molecular weight excluding hydrogens is 203 g/mol. The molecule has 0 atom stereocenters. The minimum Gasteiger partial charge on any atom is -0.387 e. The Morgan fingerprint density at radius 1 is 1.38 bits per heavy atom. The largest absolute Gasteiger partial charge is 0.387 e. The predicted octanol–water partition coefficient (Wildman–Crippen LogP) is 3.31. The van der Waals surface area contributed by atoms with E-state index in [-0.39, 0.29) is 5.82 Å². The lowest BCUT2D eigenvalue weighted by molar-refractivity contribution is 0.628. The molecule has 0 radical (unpaired) electrons. The molecule has 0 aliphatic heterocycles. The zero-order chi connectivity index (χ0) is 11.5. The summed E-state index contributed by atoms with van der Waals surface area (Å²) in [5.74, 6) is 0.644. The molecule has 0 bridgehead atoms. The molecule has 16 heavy (non-hydrogen) atoms. The van der Waals surface area contributed by atoms with E-state index in [9.17, 15) is 4.39 Å². The highest BCUT2D eigenvalue weighted by Gasteiger charge is 2.19. The molecule has 1 aliphatic carbocycles. The molecule has 1 fully saturated rings. The van der Waals surface area contributed by atoms with Crippen molar-refractivity contribution < 1.29 is 4.39 Å². The van der Waals surface area contributed by atoms with Gasteiger partial charge in [-0.05, 0) is 31.4 Å². The maximum atomic E-state index is 13.5. The fourth-order valence-corrected chi connectivity index (χ4v) is 2.21. The highest BCUT2D eigenvalue weighted by molar-refractivity contribution is 5.86. The van der Waals surface area contributed by atoms with Gasteiger partial charge in [0.2, 0.25) is 0 Å². The number of aliphatic imine (C=N–C) groups is 1. The highest BCUT2D eigenvalue weighted by Crippen LogP contribution is 2.28. The number of aryl methyl sites for hydroxylation is 1. The summed E-state index contributed by atoms with van der Waals surface area (Å²) in [6.07, 6.45) is 4.58. The quantitative estimate of drug-likeness (QED) is 0.602. The molecule has 0 amide bonds. The second-order valence-corrected chi connectivity index (χ2v) is 4.42. The van der Waals surface area contributed by atoms with Crippen LogP contribution in [0.15, 0.2) is 23.2 Å². The van der Waals surface area contributed by atoms with E-state index in [0.717, 1.165) is 18.4 Å². The van der Waals surface area contributed by atoms with Crippen LogP contribution in [0.25, 0.3) is 0 Å². The number of para-hydroxylation sites is 1. The summed E-state index contributed by atoms with van der Waals surface area (Å²) in [4.78, 5) is 4.26. The first-order valence-electron chi connectivity index (χ1n) is 5.77. The van der Waals surface area contributed by atoms with Crippen LogP contribution < -0.4 is 5.73 Å². The molecule has 0 aromatic heterocycles. The van der Waals surface area contributed by atoms with Crippen LogP contribution in [0.2, 0.25) is 0 Å². The first kappa shape index (κ1) is 11.1. The van der Waals surface area contributed by atoms with Gasteiger partial charge in [0.1, 0.15) is 17.3 Å². The van der Waals surface area contributed by atoms with Crippen LogP contribution in [0.3, 0.4) is 0 Å². The van der Waals surface area contributed by atoms with Crippen LogP contribution in [0.5, 0.6) is 0 Å². The third kappa shape index (κ3) is 2.23. The molecule has 2 N–H and O–H groups in total. The molecule has 1 aromatic carbocycles. The third-order valence-corrected chi connectivity index (χ3v) is 3.20. The van der Waals surface area contributed by atoms with E-state index in [2.05, 4.69) is 4.99 Å². The number of nitrogens with zero attached hydrogens (tertiary/aromatic N) is 1. The van der Waals surface area contributed by atoms with Gasteiger partial charge < -0.3 is 5.73 Å². The number of hydrogen-bond donors (Lipinski definition) is 1. The SMILES string of the molecule is Cc1cccc(F)c1N=C(N)C1CCCC1. The second kappa shape index (κ2) is 4.64. The van der Waals surface area contributed by atoms with Crippen LogP contribution in [-0.4, -0.2) is 5.84 Å². The Balaban J connectivity index is 2.27. The number of hydrogen-bond acceptors (Lipinski definition) is 1. The molecule has 2 rings (SSSR count). The van der Waals surface area contributed by atoms with Crippen molar-refractivity contribution in [3.8, 4) is 0 Å². The first-order valence-corrected chi connectivity index (χ1v) is 5.77. The monoisotopic (exact) mass is 220 g/mol. The molecule has 0 spiro atoms. The van der Waals surface area contributed by atoms with Crippen molar-refractivity contribution in [3.05, 3.63) is 29.6 Å². The minimum atomic E-state index is -0.291. The Hall–Kier alpha value is -1.38. The van der Waals surface area contributed by atoms with Gasteiger partial charge in [0.25, 0.3) is 0 Å². The standard InChI is InChI=1S/C13H17FN2/c1-9-5-4-8-11(14)12(9)16-13(15)10-6-2-3-7-10/h4-5,8,10H,2-3,6-7H2,1H3,(H2,15,16). The predicted molar refractivity (Wildman–Crippen MR) is 64.4 cm³/mol. The van der Waals surface area contributed by atoms with Gasteiger partial charge in [-0.1, -0.05) is 25.0 Å². The van der Waals surface area contributed by atoms with Gasteiger partial charge in [0.05, 0.1) is 0 Å². The van der Waals surface area contributed by atoms with E-state index in [1.807, 2.05) is 13.0 Å². The molecule has 2 nitrogen and oxygen atoms in total. The van der Waals surface area contributed by atoms with Crippen molar-refractivity contribution in [1.29, 1.82) is 0 Å². The Morgan fingerprint density at radius 3 is 2.69 bits per heavy atom. The zero-order valence-electron chi connectivity index (χ0n) is 9.54. The van der Waals surface area contributed by atoms with Gasteiger partial charge in [0.15, 0.2) is 0 Å². The van der Waals surface area contributed by atoms with Crippen LogP contribution in [0.1, 0.15) is 31.2 Å². The summed E-state index contributed by atoms with van der Waals surface area (Å²) < 4.78 is 13.5. The topological polar surface area (TPSA) is 38.4 Å². The average molecular weight is 220 g/mol. The lowest BCUT2D eigenvalue weighted by atomic mass is 10.1. The van der Waals surface area contributed by atoms with Crippen LogP contribution in [0, 0.1) is 18.7 Å². The minimum absolute atomic E-state index is 0.291. The van der Waals surface area contributed by atoms with Gasteiger partial charge in [0, 0.05) is 5.92 Å². The van der Waals surface area contributed by atoms with E-state index < -0.39 is 0 Å². The number of rotatable bonds is 2. The normalized spacial score (nSPS) is 18.0. The van der Waals surface area contributed by atoms with Gasteiger partial charge in [-0.3, -0.25) is 0 Å². The summed E-state index contributed by atoms with van der Waals surface area (Å²) in [7, 11) is 0. The van der Waals surface area contributed by atoms with E-state index in [0.29, 0.717) is 17.4 Å². The summed E-state index contributed by atoms with van der Waals surface area (Å²) in [5.41, 5.74) is 7.16. The molecule has 0 heterocycles. The smallest absolute Gasteiger partial charge is 0.149 e. The number of amidine groups is 1. The van der Waals surface area contributed by atoms with Gasteiger partial charge >= 0.3 is 0 Å². The van der Waals surface area contributed by atoms with Crippen molar-refractivity contribution >= 4 is 11.5 Å². The van der Waals surface area contributed by atoms with E-state index in [4.69, 9.17) is 5.73 Å². The Kier molecular flexibility index (Phi) is 3.22. The van der Waals surface area contributed by atoms with E-state index in [1.165, 1.54) is 18.9 Å². The number of halogens is 1. The molecule has 1 saturated carbocycles. The van der Waals surface area contributed by atoms with Crippen molar-refractivity contribution in [2.24, 2.45) is 16.6 Å². The molecule has 1 aliphatic rings. The third-order valence-electron chi connectivity index (χ3n) is 3.20. The maximum Gasteiger partial charge on any atom is 0.149 e. The zero-order valence-corrected chi connectivity index (χ0v) is 9.54. The second-order valence-electron chi connectivity index (χ2n) is 4.42. The van der Waals surface area contributed by atoms with Crippen LogP contribution in [0.4, 0.5) is 10.1 Å². The number of benzene rings is 1. The lowest BCUT2D eigenvalue weighted by Crippen LogP contribution is -2.21. The van der Waals surface area contributed by atoms with Crippen LogP contribution >= 0.6 is 0 Å². The summed E-state index contributed by atoms with van der Waals surface area (Å²) in [6.45, 7) is 1.85. The lowest BCUT2D eigenvalue weighted by Gasteiger charge is -2.09. The highest BCUT2D eigenvalue weighted by atomic mass is 19.1. The summed E-state index contributed by atoms with van der Waals surface area (Å²) in [5, 5.41) is 0. The van der Waals surface area contributed by atoms with Crippen LogP contribution in [-0.2, 0) is 0 Å². The first-order chi connectivity index (χ1) is 7.68. The van der Waals surface area contributed by atoms with Gasteiger partial charge in [-0.2, -0.15) is 0 Å². The van der Waals surface area contributed by atoms with Crippen molar-refractivity contribution in [2.75, 3.05) is 0 Å². The fourth-order valence-electron chi connectivity index (χ4n) is 2.21. The summed E-state index contributed by atoms with van der Waals surface area (Å²) >= 11 is 0. The van der Waals surface area contributed by atoms with Crippen molar-refractivity contribution in [1.82, 2.24) is 0 Å². The fraction of sp³-hybridized carbons (Fsp3) is 0.462. The molecular formula is C13H17FN2. The van der Waals surface area contributed by atoms with Crippen molar-refractivity contribution in [3.63, 3.8) is 0 Å². The van der Waals surface area contributed by atoms with Gasteiger partial charge in [-0.15, -0.1) is 0 Å². The molecule has 0 saturated heterocycles. The molecule has 86 valence electrons. The van der Waals surface area contributed by atoms with Crippen molar-refractivity contribution in [2.45, 2.75) is 32.6 Å². The Morgan fingerprint density at radius 2 is 2.06 bits per heavy atom. The maximum absolute atomic E-state index is 13.5. The average Bonchev–Trinajstić information content (AvgIpc) is 2.76. The Labute approximate surface area is 95.4 Å². The van der Waals surface area contributed by atoms with E-state index >= 15 is 0 Å². The molecule has 1 aromatic rings. The van der Waals surface area contributed by atoms with E-state index in [1.54, 1.807) is 6.07 Å². The van der Waals surface area contributed by atoms with Gasteiger partial charge in [-0.25, -0.2) is 9.38 Å². The summed E-state index contributed by atoms with van der Waals surface area (Å²) in [6, 6.07) is 4.97.